The van der Waals surface area contributed by atoms with Crippen LogP contribution in [0.5, 0.6) is 0 Å². The van der Waals surface area contributed by atoms with E-state index in [2.05, 4.69) is 0 Å². The lowest BCUT2D eigenvalue weighted by molar-refractivity contribution is -0.163. The molecule has 3 rings (SSSR count). The molecule has 2 atom stereocenters. The Bertz CT molecular complexity index is 780. The van der Waals surface area contributed by atoms with E-state index in [0.717, 1.165) is 30.6 Å². The van der Waals surface area contributed by atoms with Gasteiger partial charge in [-0.3, -0.25) is 19.3 Å². The monoisotopic (exact) mass is 400 g/mol. The van der Waals surface area contributed by atoms with E-state index in [1.165, 1.54) is 13.3 Å². The fraction of sp³-hybridized carbons (Fsp3) is 0.545. The number of fused-ring (bicyclic) bond motifs is 1. The van der Waals surface area contributed by atoms with Crippen molar-refractivity contribution in [3.8, 4) is 0 Å². The second-order valence-electron chi connectivity index (χ2n) is 7.70. The molecule has 1 aromatic carbocycles. The van der Waals surface area contributed by atoms with Gasteiger partial charge in [-0.2, -0.15) is 0 Å². The first kappa shape index (κ1) is 21.0. The molecule has 0 bridgehead atoms. The van der Waals surface area contributed by atoms with Crippen molar-refractivity contribution in [3.05, 3.63) is 35.4 Å². The Labute approximate surface area is 171 Å². The second kappa shape index (κ2) is 8.76. The first-order valence-corrected chi connectivity index (χ1v) is 10.3. The summed E-state index contributed by atoms with van der Waals surface area (Å²) in [5, 5.41) is 0. The molecule has 2 aliphatic rings. The molecular formula is C22H28N2O5. The van der Waals surface area contributed by atoms with Gasteiger partial charge in [-0.1, -0.05) is 31.4 Å². The number of carbonyl (C=O) groups excluding carboxylic acids is 4. The number of hydrogen-bond donors (Lipinski definition) is 0. The molecule has 1 heterocycles. The predicted octanol–water partition coefficient (Wildman–Crippen LogP) is 2.78. The summed E-state index contributed by atoms with van der Waals surface area (Å²) >= 11 is 0. The van der Waals surface area contributed by atoms with Gasteiger partial charge in [0.2, 0.25) is 0 Å². The Morgan fingerprint density at radius 1 is 1.07 bits per heavy atom. The van der Waals surface area contributed by atoms with Crippen LogP contribution < -0.4 is 0 Å². The summed E-state index contributed by atoms with van der Waals surface area (Å²) in [6.07, 6.45) is 4.34. The lowest BCUT2D eigenvalue weighted by atomic mass is 9.94. The van der Waals surface area contributed by atoms with E-state index in [4.69, 9.17) is 4.74 Å². The third-order valence-electron chi connectivity index (χ3n) is 5.83. The fourth-order valence-electron chi connectivity index (χ4n) is 4.21. The van der Waals surface area contributed by atoms with Gasteiger partial charge in [0.15, 0.2) is 6.10 Å². The zero-order valence-electron chi connectivity index (χ0n) is 17.2. The van der Waals surface area contributed by atoms with Crippen molar-refractivity contribution in [3.63, 3.8) is 0 Å². The molecular weight excluding hydrogens is 372 g/mol. The van der Waals surface area contributed by atoms with Crippen molar-refractivity contribution in [1.82, 2.24) is 9.80 Å². The van der Waals surface area contributed by atoms with Crippen LogP contribution in [0, 0.1) is 0 Å². The topological polar surface area (TPSA) is 84.0 Å². The minimum Gasteiger partial charge on any atom is -0.451 e. The first-order chi connectivity index (χ1) is 13.9. The molecule has 7 heteroatoms. The van der Waals surface area contributed by atoms with E-state index < -0.39 is 29.9 Å². The molecule has 1 aromatic rings. The van der Waals surface area contributed by atoms with Gasteiger partial charge in [0.05, 0.1) is 11.1 Å². The van der Waals surface area contributed by atoms with Crippen molar-refractivity contribution in [2.24, 2.45) is 0 Å². The van der Waals surface area contributed by atoms with E-state index >= 15 is 0 Å². The van der Waals surface area contributed by atoms with Gasteiger partial charge in [-0.25, -0.2) is 4.79 Å². The largest absolute Gasteiger partial charge is 0.451 e. The summed E-state index contributed by atoms with van der Waals surface area (Å²) in [6.45, 7) is 5.46. The standard InChI is InChI=1S/C22H28N2O5/c1-4-23(16-10-6-5-7-11-16)19(25)15(3)29-22(28)14(2)24-20(26)17-12-8-9-13-18(17)21(24)27/h8-9,12-16H,4-7,10-11H2,1-3H3/t14-,15+/m1/s1. The minimum absolute atomic E-state index is 0.177. The number of amides is 3. The van der Waals surface area contributed by atoms with Crippen LogP contribution >= 0.6 is 0 Å². The Kier molecular flexibility index (Phi) is 6.35. The molecule has 0 spiro atoms. The SMILES string of the molecule is CCN(C(=O)[C@H](C)OC(=O)[C@@H](C)N1C(=O)c2ccccc2C1=O)C1CCCCC1. The van der Waals surface area contributed by atoms with E-state index in [1.807, 2.05) is 6.92 Å². The van der Waals surface area contributed by atoms with Gasteiger partial charge in [0, 0.05) is 12.6 Å². The molecule has 7 nitrogen and oxygen atoms in total. The van der Waals surface area contributed by atoms with Crippen molar-refractivity contribution in [2.75, 3.05) is 6.54 Å². The van der Waals surface area contributed by atoms with E-state index in [0.29, 0.717) is 6.54 Å². The van der Waals surface area contributed by atoms with E-state index in [9.17, 15) is 19.2 Å². The third-order valence-corrected chi connectivity index (χ3v) is 5.83. The minimum atomic E-state index is -1.11. The number of imide groups is 1. The second-order valence-corrected chi connectivity index (χ2v) is 7.70. The molecule has 1 aliphatic heterocycles. The van der Waals surface area contributed by atoms with Gasteiger partial charge in [0.25, 0.3) is 17.7 Å². The normalized spacial score (nSPS) is 18.9. The zero-order valence-corrected chi connectivity index (χ0v) is 17.2. The molecule has 156 valence electrons. The maximum Gasteiger partial charge on any atom is 0.329 e. The average Bonchev–Trinajstić information content (AvgIpc) is 2.99. The summed E-state index contributed by atoms with van der Waals surface area (Å²) in [5.74, 6) is -2.04. The quantitative estimate of drug-likeness (QED) is 0.542. The number of carbonyl (C=O) groups is 4. The first-order valence-electron chi connectivity index (χ1n) is 10.3. The fourth-order valence-corrected chi connectivity index (χ4v) is 4.21. The average molecular weight is 400 g/mol. The smallest absolute Gasteiger partial charge is 0.329 e. The number of likely N-dealkylation sites (N-methyl/N-ethyl adjacent to an activating group) is 1. The highest BCUT2D eigenvalue weighted by Crippen LogP contribution is 2.26. The maximum atomic E-state index is 12.9. The highest BCUT2D eigenvalue weighted by atomic mass is 16.5. The van der Waals surface area contributed by atoms with Crippen molar-refractivity contribution < 1.29 is 23.9 Å². The van der Waals surface area contributed by atoms with Crippen LogP contribution in [0.3, 0.4) is 0 Å². The molecule has 0 radical (unpaired) electrons. The third kappa shape index (κ3) is 4.04. The van der Waals surface area contributed by atoms with Gasteiger partial charge in [-0.05, 0) is 45.7 Å². The van der Waals surface area contributed by atoms with Gasteiger partial charge in [0.1, 0.15) is 6.04 Å². The van der Waals surface area contributed by atoms with E-state index in [-0.39, 0.29) is 23.1 Å². The highest BCUT2D eigenvalue weighted by Gasteiger charge is 2.42. The number of nitrogens with zero attached hydrogens (tertiary/aromatic N) is 2. The zero-order chi connectivity index (χ0) is 21.1. The number of ether oxygens (including phenoxy) is 1. The number of benzene rings is 1. The van der Waals surface area contributed by atoms with Crippen LogP contribution in [0.1, 0.15) is 73.6 Å². The number of esters is 1. The van der Waals surface area contributed by atoms with Crippen molar-refractivity contribution >= 4 is 23.7 Å². The summed E-state index contributed by atoms with van der Waals surface area (Å²) in [6, 6.07) is 5.52. The Morgan fingerprint density at radius 2 is 1.62 bits per heavy atom. The number of hydrogen-bond acceptors (Lipinski definition) is 5. The van der Waals surface area contributed by atoms with Crippen LogP contribution in [0.4, 0.5) is 0 Å². The lowest BCUT2D eigenvalue weighted by Gasteiger charge is -2.35. The summed E-state index contributed by atoms with van der Waals surface area (Å²) in [5.41, 5.74) is 0.548. The van der Waals surface area contributed by atoms with Crippen LogP contribution in [0.2, 0.25) is 0 Å². The number of rotatable bonds is 6. The molecule has 0 aromatic heterocycles. The molecule has 0 saturated heterocycles. The predicted molar refractivity (Wildman–Crippen MR) is 106 cm³/mol. The van der Waals surface area contributed by atoms with E-state index in [1.54, 1.807) is 36.1 Å². The van der Waals surface area contributed by atoms with Crippen LogP contribution in [-0.4, -0.2) is 58.2 Å². The lowest BCUT2D eigenvalue weighted by Crippen LogP contribution is -2.49. The van der Waals surface area contributed by atoms with Gasteiger partial charge in [-0.15, -0.1) is 0 Å². The summed E-state index contributed by atoms with van der Waals surface area (Å²) in [4.78, 5) is 53.3. The molecule has 0 unspecified atom stereocenters. The Hall–Kier alpha value is -2.70. The summed E-state index contributed by atoms with van der Waals surface area (Å²) in [7, 11) is 0. The van der Waals surface area contributed by atoms with Crippen LogP contribution in [0.25, 0.3) is 0 Å². The van der Waals surface area contributed by atoms with Crippen molar-refractivity contribution in [1.29, 1.82) is 0 Å². The molecule has 3 amide bonds. The maximum absolute atomic E-state index is 12.9. The molecule has 1 fully saturated rings. The molecule has 29 heavy (non-hydrogen) atoms. The van der Waals surface area contributed by atoms with Crippen LogP contribution in [0.15, 0.2) is 24.3 Å². The highest BCUT2D eigenvalue weighted by molar-refractivity contribution is 6.22. The molecule has 1 aliphatic carbocycles. The van der Waals surface area contributed by atoms with Crippen LogP contribution in [-0.2, 0) is 14.3 Å². The summed E-state index contributed by atoms with van der Waals surface area (Å²) < 4.78 is 5.38. The van der Waals surface area contributed by atoms with Crippen molar-refractivity contribution in [2.45, 2.75) is 71.1 Å². The van der Waals surface area contributed by atoms with Gasteiger partial charge >= 0.3 is 5.97 Å². The Morgan fingerprint density at radius 3 is 2.14 bits per heavy atom. The molecule has 0 N–H and O–H groups in total. The Balaban J connectivity index is 1.65. The molecule has 1 saturated carbocycles. The van der Waals surface area contributed by atoms with Gasteiger partial charge < -0.3 is 9.64 Å².